The van der Waals surface area contributed by atoms with Crippen LogP contribution in [-0.2, 0) is 9.59 Å². The average molecular weight is 340 g/mol. The summed E-state index contributed by atoms with van der Waals surface area (Å²) in [5.41, 5.74) is 1.32. The second-order valence-corrected chi connectivity index (χ2v) is 5.85. The lowest BCUT2D eigenvalue weighted by Crippen LogP contribution is -2.41. The molecule has 0 fully saturated rings. The van der Waals surface area contributed by atoms with Crippen LogP contribution < -0.4 is 19.7 Å². The molecule has 2 aromatic rings. The number of carbonyl (C=O) groups excluding carboxylic acids is 2. The van der Waals surface area contributed by atoms with Gasteiger partial charge in [-0.2, -0.15) is 0 Å². The first-order chi connectivity index (χ1) is 12.1. The van der Waals surface area contributed by atoms with Crippen LogP contribution in [0.1, 0.15) is 13.3 Å². The van der Waals surface area contributed by atoms with Gasteiger partial charge in [0, 0.05) is 12.5 Å². The Balaban J connectivity index is 1.76. The quantitative estimate of drug-likeness (QED) is 0.929. The first kappa shape index (κ1) is 16.8. The molecule has 0 bridgehead atoms. The number of hydrogen-bond acceptors (Lipinski definition) is 4. The Hall–Kier alpha value is -3.02. The molecular formula is C19H20N2O4. The second-order valence-electron chi connectivity index (χ2n) is 5.85. The van der Waals surface area contributed by atoms with E-state index >= 15 is 0 Å². The Morgan fingerprint density at radius 3 is 2.56 bits per heavy atom. The normalized spacial score (nSPS) is 16.5. The van der Waals surface area contributed by atoms with E-state index in [2.05, 4.69) is 5.32 Å². The minimum atomic E-state index is -0.254. The van der Waals surface area contributed by atoms with Crippen LogP contribution in [0.4, 0.5) is 11.4 Å². The molecule has 0 saturated heterocycles. The highest BCUT2D eigenvalue weighted by atomic mass is 16.5. The third kappa shape index (κ3) is 3.74. The van der Waals surface area contributed by atoms with Gasteiger partial charge in [0.2, 0.25) is 5.91 Å². The van der Waals surface area contributed by atoms with Crippen LogP contribution in [0.15, 0.2) is 48.5 Å². The molecule has 0 aliphatic carbocycles. The lowest BCUT2D eigenvalue weighted by atomic mass is 10.1. The number of benzene rings is 2. The van der Waals surface area contributed by atoms with Gasteiger partial charge < -0.3 is 19.7 Å². The number of fused-ring (bicyclic) bond motifs is 1. The smallest absolute Gasteiger partial charge is 0.265 e. The van der Waals surface area contributed by atoms with E-state index in [1.165, 1.54) is 0 Å². The van der Waals surface area contributed by atoms with Gasteiger partial charge in [-0.25, -0.2) is 0 Å². The summed E-state index contributed by atoms with van der Waals surface area (Å²) in [6, 6.07) is 14.1. The van der Waals surface area contributed by atoms with E-state index in [-0.39, 0.29) is 30.9 Å². The molecule has 0 radical (unpaired) electrons. The predicted octanol–water partition coefficient (Wildman–Crippen LogP) is 2.84. The van der Waals surface area contributed by atoms with Crippen molar-refractivity contribution in [2.45, 2.75) is 19.4 Å². The van der Waals surface area contributed by atoms with Crippen molar-refractivity contribution in [2.24, 2.45) is 0 Å². The molecule has 130 valence electrons. The number of nitrogens with one attached hydrogen (secondary N) is 1. The van der Waals surface area contributed by atoms with Crippen LogP contribution in [0.3, 0.4) is 0 Å². The predicted molar refractivity (Wildman–Crippen MR) is 95.1 cm³/mol. The summed E-state index contributed by atoms with van der Waals surface area (Å²) in [5, 5.41) is 2.84. The average Bonchev–Trinajstić information content (AvgIpc) is 2.74. The number of amides is 2. The fourth-order valence-corrected chi connectivity index (χ4v) is 2.85. The molecule has 1 aliphatic heterocycles. The standard InChI is InChI=1S/C19H20N2O4/c1-13-11-18(22)20-16-5-3-4-6-17(16)21(13)19(23)12-25-15-9-7-14(24-2)8-10-15/h3-10,13H,11-12H2,1-2H3,(H,20,22)/t13-/m1/s1. The molecule has 3 rings (SSSR count). The van der Waals surface area contributed by atoms with Gasteiger partial charge in [0.05, 0.1) is 18.5 Å². The van der Waals surface area contributed by atoms with Crippen LogP contribution in [0, 0.1) is 0 Å². The lowest BCUT2D eigenvalue weighted by Gasteiger charge is -2.27. The molecule has 1 aliphatic rings. The molecule has 1 N–H and O–H groups in total. The van der Waals surface area contributed by atoms with Gasteiger partial charge in [-0.1, -0.05) is 12.1 Å². The van der Waals surface area contributed by atoms with E-state index in [1.54, 1.807) is 42.3 Å². The maximum Gasteiger partial charge on any atom is 0.265 e. The van der Waals surface area contributed by atoms with Gasteiger partial charge in [-0.05, 0) is 43.3 Å². The zero-order chi connectivity index (χ0) is 17.8. The second kappa shape index (κ2) is 7.25. The number of hydrogen-bond donors (Lipinski definition) is 1. The summed E-state index contributed by atoms with van der Waals surface area (Å²) in [6.07, 6.45) is 0.239. The van der Waals surface area contributed by atoms with Crippen LogP contribution >= 0.6 is 0 Å². The largest absolute Gasteiger partial charge is 0.497 e. The van der Waals surface area contributed by atoms with E-state index < -0.39 is 0 Å². The zero-order valence-corrected chi connectivity index (χ0v) is 14.2. The highest BCUT2D eigenvalue weighted by Gasteiger charge is 2.29. The molecule has 2 amide bonds. The summed E-state index contributed by atoms with van der Waals surface area (Å²) in [7, 11) is 1.59. The molecule has 1 atom stereocenters. The summed E-state index contributed by atoms with van der Waals surface area (Å²) >= 11 is 0. The number of para-hydroxylation sites is 2. The van der Waals surface area contributed by atoms with Crippen molar-refractivity contribution >= 4 is 23.2 Å². The molecule has 6 nitrogen and oxygen atoms in total. The van der Waals surface area contributed by atoms with Crippen molar-refractivity contribution in [1.29, 1.82) is 0 Å². The molecule has 2 aromatic carbocycles. The Labute approximate surface area is 146 Å². The van der Waals surface area contributed by atoms with Gasteiger partial charge >= 0.3 is 0 Å². The van der Waals surface area contributed by atoms with Crippen molar-refractivity contribution in [3.05, 3.63) is 48.5 Å². The molecular weight excluding hydrogens is 320 g/mol. The van der Waals surface area contributed by atoms with Gasteiger partial charge in [-0.15, -0.1) is 0 Å². The van der Waals surface area contributed by atoms with E-state index in [0.29, 0.717) is 17.1 Å². The number of methoxy groups -OCH3 is 1. The number of ether oxygens (including phenoxy) is 2. The van der Waals surface area contributed by atoms with E-state index in [1.807, 2.05) is 25.1 Å². The number of nitrogens with zero attached hydrogens (tertiary/aromatic N) is 1. The summed E-state index contributed by atoms with van der Waals surface area (Å²) in [4.78, 5) is 26.4. The molecule has 0 saturated carbocycles. The summed E-state index contributed by atoms with van der Waals surface area (Å²) in [5.74, 6) is 0.996. The van der Waals surface area contributed by atoms with Crippen LogP contribution in [0.2, 0.25) is 0 Å². The van der Waals surface area contributed by atoms with Crippen LogP contribution in [0.5, 0.6) is 11.5 Å². The fourth-order valence-electron chi connectivity index (χ4n) is 2.85. The Bertz CT molecular complexity index is 773. The minimum Gasteiger partial charge on any atom is -0.497 e. The van der Waals surface area contributed by atoms with Gasteiger partial charge in [-0.3, -0.25) is 9.59 Å². The topological polar surface area (TPSA) is 67.9 Å². The van der Waals surface area contributed by atoms with Crippen molar-refractivity contribution in [3.63, 3.8) is 0 Å². The minimum absolute atomic E-state index is 0.105. The van der Waals surface area contributed by atoms with Crippen LogP contribution in [-0.4, -0.2) is 31.6 Å². The van der Waals surface area contributed by atoms with E-state index in [9.17, 15) is 9.59 Å². The summed E-state index contributed by atoms with van der Waals surface area (Å²) < 4.78 is 10.7. The number of carbonyl (C=O) groups is 2. The maximum atomic E-state index is 12.8. The third-order valence-electron chi connectivity index (χ3n) is 4.05. The SMILES string of the molecule is COc1ccc(OCC(=O)N2c3ccccc3NC(=O)C[C@H]2C)cc1. The van der Waals surface area contributed by atoms with Gasteiger partial charge in [0.1, 0.15) is 11.5 Å². The lowest BCUT2D eigenvalue weighted by molar-refractivity contribution is -0.121. The van der Waals surface area contributed by atoms with Crippen molar-refractivity contribution in [2.75, 3.05) is 23.9 Å². The monoisotopic (exact) mass is 340 g/mol. The summed E-state index contributed by atoms with van der Waals surface area (Å²) in [6.45, 7) is 1.74. The Morgan fingerprint density at radius 2 is 1.84 bits per heavy atom. The third-order valence-corrected chi connectivity index (χ3v) is 4.05. The highest BCUT2D eigenvalue weighted by molar-refractivity contribution is 6.04. The molecule has 0 unspecified atom stereocenters. The molecule has 1 heterocycles. The van der Waals surface area contributed by atoms with E-state index in [0.717, 1.165) is 5.75 Å². The highest BCUT2D eigenvalue weighted by Crippen LogP contribution is 2.31. The van der Waals surface area contributed by atoms with Crippen molar-refractivity contribution in [1.82, 2.24) is 0 Å². The number of anilines is 2. The van der Waals surface area contributed by atoms with Gasteiger partial charge in [0.25, 0.3) is 5.91 Å². The Morgan fingerprint density at radius 1 is 1.16 bits per heavy atom. The maximum absolute atomic E-state index is 12.8. The van der Waals surface area contributed by atoms with Crippen molar-refractivity contribution in [3.8, 4) is 11.5 Å². The Kier molecular flexibility index (Phi) is 4.88. The fraction of sp³-hybridized carbons (Fsp3) is 0.263. The number of rotatable bonds is 4. The van der Waals surface area contributed by atoms with Crippen molar-refractivity contribution < 1.29 is 19.1 Å². The molecule has 0 spiro atoms. The first-order valence-electron chi connectivity index (χ1n) is 8.06. The van der Waals surface area contributed by atoms with Crippen LogP contribution in [0.25, 0.3) is 0 Å². The van der Waals surface area contributed by atoms with E-state index in [4.69, 9.17) is 9.47 Å². The zero-order valence-electron chi connectivity index (χ0n) is 14.2. The first-order valence-corrected chi connectivity index (χ1v) is 8.06. The van der Waals surface area contributed by atoms with Gasteiger partial charge in [0.15, 0.2) is 6.61 Å². The molecule has 25 heavy (non-hydrogen) atoms. The molecule has 6 heteroatoms. The molecule has 0 aromatic heterocycles.